The van der Waals surface area contributed by atoms with Crippen molar-refractivity contribution < 1.29 is 38.3 Å². The Kier molecular flexibility index (Phi) is 7.78. The minimum atomic E-state index is -1.36. The largest absolute Gasteiger partial charge is 0.547 e. The summed E-state index contributed by atoms with van der Waals surface area (Å²) < 4.78 is 15.3. The highest BCUT2D eigenvalue weighted by atomic mass is 16.7. The average Bonchev–Trinajstić information content (AvgIpc) is 2.60. The van der Waals surface area contributed by atoms with Gasteiger partial charge in [-0.15, -0.1) is 0 Å². The van der Waals surface area contributed by atoms with Gasteiger partial charge in [0.2, 0.25) is 12.2 Å². The van der Waals surface area contributed by atoms with Crippen molar-refractivity contribution in [1.29, 1.82) is 0 Å². The molecule has 0 aromatic heterocycles. The third-order valence-electron chi connectivity index (χ3n) is 4.22. The number of esters is 2. The van der Waals surface area contributed by atoms with Crippen LogP contribution in [-0.4, -0.2) is 48.0 Å². The lowest BCUT2D eigenvalue weighted by Gasteiger charge is -2.29. The van der Waals surface area contributed by atoms with Crippen LogP contribution in [0.1, 0.15) is 56.0 Å². The minimum Gasteiger partial charge on any atom is -0.534 e. The fraction of sp³-hybridized carbons (Fsp3) is 0.474. The minimum absolute atomic E-state index is 0.00944. The molecule has 0 aliphatic carbocycles. The summed E-state index contributed by atoms with van der Waals surface area (Å²) in [6.07, 6.45) is 0.0761. The fourth-order valence-electron chi connectivity index (χ4n) is 2.96. The molecule has 29 heavy (non-hydrogen) atoms. The van der Waals surface area contributed by atoms with Crippen molar-refractivity contribution in [3.63, 3.8) is 0 Å². The van der Waals surface area contributed by atoms with Crippen molar-refractivity contribution in [2.75, 3.05) is 0 Å². The topological polar surface area (TPSA) is 128 Å². The van der Waals surface area contributed by atoms with Gasteiger partial charge in [-0.05, 0) is 31.4 Å². The van der Waals surface area contributed by atoms with Gasteiger partial charge in [-0.2, -0.15) is 0 Å². The van der Waals surface area contributed by atoms with Gasteiger partial charge in [0.15, 0.2) is 0 Å². The van der Waals surface area contributed by atoms with Crippen molar-refractivity contribution >= 4 is 30.7 Å². The van der Waals surface area contributed by atoms with Gasteiger partial charge in [0, 0.05) is 26.7 Å². The number of hydrogen-bond acceptors (Lipinski definition) is 8. The summed E-state index contributed by atoms with van der Waals surface area (Å²) in [4.78, 5) is 46.3. The molecule has 0 saturated heterocycles. The Balaban J connectivity index is 2.04. The second-order valence-corrected chi connectivity index (χ2v) is 6.82. The van der Waals surface area contributed by atoms with Crippen LogP contribution in [0.5, 0.6) is 5.75 Å². The number of amides is 1. The van der Waals surface area contributed by atoms with Gasteiger partial charge in [0.1, 0.15) is 17.1 Å². The Morgan fingerprint density at radius 3 is 2.62 bits per heavy atom. The van der Waals surface area contributed by atoms with Gasteiger partial charge in [-0.3, -0.25) is 9.59 Å². The molecule has 10 heteroatoms. The van der Waals surface area contributed by atoms with Crippen LogP contribution < -0.4 is 9.97 Å². The van der Waals surface area contributed by atoms with Crippen LogP contribution in [-0.2, 0) is 30.3 Å². The quantitative estimate of drug-likeness (QED) is 0.372. The standard InChI is InChI=1S/C19H24BNO8/c1-11(22)6-4-9-17(24)21-16-10-14-7-5-8-15(18(14)29-20(16)26)19(25)28-13(3)27-12(2)23/h5,7-8,13,16,26H,4,6,9-10H2,1-3H3,(H,21,24)/t13?,16-/m0/s1. The maximum absolute atomic E-state index is 12.4. The summed E-state index contributed by atoms with van der Waals surface area (Å²) in [5, 5.41) is 13.0. The molecule has 156 valence electrons. The Bertz CT molecular complexity index is 796. The van der Waals surface area contributed by atoms with Crippen LogP contribution in [0.25, 0.3) is 0 Å². The number of ether oxygens (including phenoxy) is 2. The first-order valence-electron chi connectivity index (χ1n) is 9.31. The molecular formula is C19H24BNO8. The second kappa shape index (κ2) is 10.1. The molecule has 1 amide bonds. The fourth-order valence-corrected chi connectivity index (χ4v) is 2.96. The van der Waals surface area contributed by atoms with Gasteiger partial charge in [-0.25, -0.2) is 4.79 Å². The van der Waals surface area contributed by atoms with Crippen molar-refractivity contribution in [3.8, 4) is 5.75 Å². The summed E-state index contributed by atoms with van der Waals surface area (Å²) in [7, 11) is -1.36. The predicted molar refractivity (Wildman–Crippen MR) is 102 cm³/mol. The van der Waals surface area contributed by atoms with E-state index in [9.17, 15) is 24.2 Å². The molecule has 1 aromatic carbocycles. The Morgan fingerprint density at radius 2 is 1.97 bits per heavy atom. The molecule has 0 radical (unpaired) electrons. The van der Waals surface area contributed by atoms with Crippen LogP contribution in [0, 0.1) is 0 Å². The number of hydrogen-bond donors (Lipinski definition) is 2. The van der Waals surface area contributed by atoms with Crippen molar-refractivity contribution in [1.82, 2.24) is 5.32 Å². The molecular weight excluding hydrogens is 381 g/mol. The normalized spacial score (nSPS) is 16.1. The lowest BCUT2D eigenvalue weighted by molar-refractivity contribution is -0.162. The maximum Gasteiger partial charge on any atom is 0.547 e. The summed E-state index contributed by atoms with van der Waals surface area (Å²) in [6.45, 7) is 4.06. The van der Waals surface area contributed by atoms with Crippen molar-refractivity contribution in [2.45, 2.75) is 58.7 Å². The van der Waals surface area contributed by atoms with E-state index in [1.165, 1.54) is 26.8 Å². The Labute approximate surface area is 168 Å². The number of benzene rings is 1. The molecule has 1 aromatic rings. The van der Waals surface area contributed by atoms with E-state index in [1.54, 1.807) is 12.1 Å². The highest BCUT2D eigenvalue weighted by molar-refractivity contribution is 6.47. The Hall–Kier alpha value is -2.88. The van der Waals surface area contributed by atoms with E-state index in [2.05, 4.69) is 5.32 Å². The van der Waals surface area contributed by atoms with E-state index in [0.29, 0.717) is 18.4 Å². The summed E-state index contributed by atoms with van der Waals surface area (Å²) >= 11 is 0. The molecule has 2 atom stereocenters. The lowest BCUT2D eigenvalue weighted by atomic mass is 9.72. The van der Waals surface area contributed by atoms with E-state index in [4.69, 9.17) is 14.1 Å². The molecule has 2 rings (SSSR count). The first kappa shape index (κ1) is 22.4. The van der Waals surface area contributed by atoms with Gasteiger partial charge >= 0.3 is 19.1 Å². The van der Waals surface area contributed by atoms with Gasteiger partial charge in [0.05, 0.1) is 5.94 Å². The molecule has 0 spiro atoms. The first-order valence-corrected chi connectivity index (χ1v) is 9.31. The van der Waals surface area contributed by atoms with E-state index in [1.807, 2.05) is 0 Å². The number of rotatable bonds is 8. The average molecular weight is 405 g/mol. The van der Waals surface area contributed by atoms with Crippen LogP contribution in [0.15, 0.2) is 18.2 Å². The first-order chi connectivity index (χ1) is 13.7. The van der Waals surface area contributed by atoms with Crippen LogP contribution in [0.3, 0.4) is 0 Å². The van der Waals surface area contributed by atoms with Gasteiger partial charge in [0.25, 0.3) is 0 Å². The van der Waals surface area contributed by atoms with Crippen LogP contribution >= 0.6 is 0 Å². The molecule has 9 nitrogen and oxygen atoms in total. The van der Waals surface area contributed by atoms with Crippen molar-refractivity contribution in [3.05, 3.63) is 29.3 Å². The molecule has 0 bridgehead atoms. The number of carbonyl (C=O) groups excluding carboxylic acids is 4. The smallest absolute Gasteiger partial charge is 0.534 e. The maximum atomic E-state index is 12.4. The predicted octanol–water partition coefficient (Wildman–Crippen LogP) is 0.951. The number of carbonyl (C=O) groups is 4. The van der Waals surface area contributed by atoms with Crippen LogP contribution in [0.2, 0.25) is 0 Å². The molecule has 2 N–H and O–H groups in total. The summed E-state index contributed by atoms with van der Waals surface area (Å²) in [5.41, 5.74) is 0.686. The summed E-state index contributed by atoms with van der Waals surface area (Å²) in [5.74, 6) is -2.19. The number of para-hydroxylation sites is 1. The van der Waals surface area contributed by atoms with Gasteiger partial charge in [-0.1, -0.05) is 12.1 Å². The highest BCUT2D eigenvalue weighted by Gasteiger charge is 2.38. The molecule has 0 fully saturated rings. The second-order valence-electron chi connectivity index (χ2n) is 6.82. The van der Waals surface area contributed by atoms with E-state index < -0.39 is 31.3 Å². The number of ketones is 1. The van der Waals surface area contributed by atoms with Crippen LogP contribution in [0.4, 0.5) is 0 Å². The monoisotopic (exact) mass is 405 g/mol. The van der Waals surface area contributed by atoms with E-state index in [-0.39, 0.29) is 35.8 Å². The number of fused-ring (bicyclic) bond motifs is 1. The SMILES string of the molecule is CC(=O)CCCC(=O)N[C@H]1Cc2cccc(C(=O)OC(C)OC(C)=O)c2OB1O. The highest BCUT2D eigenvalue weighted by Crippen LogP contribution is 2.31. The van der Waals surface area contributed by atoms with E-state index >= 15 is 0 Å². The zero-order chi connectivity index (χ0) is 21.6. The lowest BCUT2D eigenvalue weighted by Crippen LogP contribution is -2.53. The number of Topliss-reactive ketones (excluding diaryl/α,β-unsaturated/α-hetero) is 1. The third kappa shape index (κ3) is 6.60. The zero-order valence-corrected chi connectivity index (χ0v) is 16.6. The molecule has 0 saturated carbocycles. The van der Waals surface area contributed by atoms with Gasteiger partial charge < -0.3 is 29.3 Å². The molecule has 1 aliphatic heterocycles. The van der Waals surface area contributed by atoms with Crippen molar-refractivity contribution in [2.24, 2.45) is 0 Å². The third-order valence-corrected chi connectivity index (χ3v) is 4.22. The zero-order valence-electron chi connectivity index (χ0n) is 16.6. The molecule has 1 aliphatic rings. The molecule has 1 heterocycles. The Morgan fingerprint density at radius 1 is 1.24 bits per heavy atom. The van der Waals surface area contributed by atoms with E-state index in [0.717, 1.165) is 0 Å². The number of nitrogens with one attached hydrogen (secondary N) is 1. The summed E-state index contributed by atoms with van der Waals surface area (Å²) in [6, 6.07) is 4.80. The molecule has 1 unspecified atom stereocenters.